The molecule has 0 saturated carbocycles. The summed E-state index contributed by atoms with van der Waals surface area (Å²) in [6, 6.07) is -0.00482. The van der Waals surface area contributed by atoms with Gasteiger partial charge in [-0.1, -0.05) is 13.8 Å². The van der Waals surface area contributed by atoms with Gasteiger partial charge in [0.05, 0.1) is 26.2 Å². The molecule has 6 nitrogen and oxygen atoms in total. The van der Waals surface area contributed by atoms with Crippen LogP contribution in [-0.2, 0) is 14.3 Å². The van der Waals surface area contributed by atoms with Crippen molar-refractivity contribution in [2.45, 2.75) is 51.0 Å². The molecule has 0 aliphatic carbocycles. The molecule has 132 valence electrons. The Kier molecular flexibility index (Phi) is 5.21. The Balaban J connectivity index is 2.04. The topological polar surface area (TPSA) is 76.0 Å². The van der Waals surface area contributed by atoms with Crippen LogP contribution in [0.2, 0.25) is 0 Å². The van der Waals surface area contributed by atoms with Crippen molar-refractivity contribution in [1.29, 1.82) is 0 Å². The minimum atomic E-state index is -1.68. The second-order valence-electron chi connectivity index (χ2n) is 7.40. The average Bonchev–Trinajstić information content (AvgIpc) is 2.99. The summed E-state index contributed by atoms with van der Waals surface area (Å²) < 4.78 is 11.4. The molecule has 23 heavy (non-hydrogen) atoms. The molecular weight excluding hydrogens is 298 g/mol. The fraction of sp³-hybridized carbons (Fsp3) is 0.824. The van der Waals surface area contributed by atoms with Crippen LogP contribution in [0.1, 0.15) is 27.2 Å². The molecule has 2 N–H and O–H groups in total. The van der Waals surface area contributed by atoms with Gasteiger partial charge in [-0.2, -0.15) is 0 Å². The number of aliphatic hydroxyl groups excluding tert-OH is 1. The predicted molar refractivity (Wildman–Crippen MR) is 85.6 cm³/mol. The molecule has 2 aliphatic rings. The molecule has 0 spiro atoms. The van der Waals surface area contributed by atoms with Crippen LogP contribution in [0.25, 0.3) is 0 Å². The van der Waals surface area contributed by atoms with Crippen LogP contribution in [0.15, 0.2) is 11.6 Å². The Bertz CT molecular complexity index is 491. The van der Waals surface area contributed by atoms with E-state index in [0.29, 0.717) is 0 Å². The molecule has 0 aromatic heterocycles. The van der Waals surface area contributed by atoms with Crippen molar-refractivity contribution in [3.05, 3.63) is 11.6 Å². The number of likely N-dealkylation sites (N-methyl/N-ethyl adjacent to an activating group) is 1. The lowest BCUT2D eigenvalue weighted by Gasteiger charge is -2.35. The summed E-state index contributed by atoms with van der Waals surface area (Å²) in [7, 11) is 3.58. The van der Waals surface area contributed by atoms with Gasteiger partial charge in [-0.15, -0.1) is 0 Å². The number of hydrogen-bond donors (Lipinski definition) is 2. The van der Waals surface area contributed by atoms with Gasteiger partial charge in [-0.25, -0.2) is 4.79 Å². The first-order valence-corrected chi connectivity index (χ1v) is 8.30. The molecule has 0 amide bonds. The van der Waals surface area contributed by atoms with Crippen LogP contribution < -0.4 is 0 Å². The number of carbonyl (C=O) groups is 1. The Morgan fingerprint density at radius 2 is 2.13 bits per heavy atom. The Labute approximate surface area is 138 Å². The highest BCUT2D eigenvalue weighted by Gasteiger charge is 2.51. The molecule has 1 saturated heterocycles. The molecule has 0 bridgehead atoms. The second kappa shape index (κ2) is 6.51. The van der Waals surface area contributed by atoms with Gasteiger partial charge in [0.25, 0.3) is 0 Å². The van der Waals surface area contributed by atoms with Gasteiger partial charge < -0.3 is 24.2 Å². The normalized spacial score (nSPS) is 34.0. The maximum absolute atomic E-state index is 12.5. The minimum Gasteiger partial charge on any atom is -0.459 e. The molecule has 0 unspecified atom stereocenters. The zero-order valence-electron chi connectivity index (χ0n) is 14.8. The SMILES string of the molecule is CO[C@H](C)[C@](O)(C(=O)OCC1=CC[N@+]2(C)CC[C@@H](O)[C@H]12)C(C)C. The molecular formula is C17H30NO5+. The van der Waals surface area contributed by atoms with Crippen molar-refractivity contribution in [1.82, 2.24) is 0 Å². The number of rotatable bonds is 6. The maximum atomic E-state index is 12.5. The van der Waals surface area contributed by atoms with Crippen molar-refractivity contribution in [3.63, 3.8) is 0 Å². The van der Waals surface area contributed by atoms with Gasteiger partial charge >= 0.3 is 5.97 Å². The first kappa shape index (κ1) is 18.4. The molecule has 0 aromatic rings. The van der Waals surface area contributed by atoms with E-state index in [0.717, 1.165) is 29.6 Å². The predicted octanol–water partition coefficient (Wildman–Crippen LogP) is 0.471. The van der Waals surface area contributed by atoms with E-state index in [1.807, 2.05) is 0 Å². The van der Waals surface area contributed by atoms with Gasteiger partial charge in [0, 0.05) is 19.1 Å². The average molecular weight is 328 g/mol. The fourth-order valence-electron chi connectivity index (χ4n) is 3.90. The van der Waals surface area contributed by atoms with E-state index in [-0.39, 0.29) is 18.6 Å². The van der Waals surface area contributed by atoms with Crippen LogP contribution in [0.4, 0.5) is 0 Å². The Morgan fingerprint density at radius 3 is 2.70 bits per heavy atom. The number of methoxy groups -OCH3 is 1. The van der Waals surface area contributed by atoms with Crippen LogP contribution in [0, 0.1) is 5.92 Å². The molecule has 2 heterocycles. The van der Waals surface area contributed by atoms with E-state index < -0.39 is 23.8 Å². The zero-order valence-corrected chi connectivity index (χ0v) is 14.8. The van der Waals surface area contributed by atoms with Crippen molar-refractivity contribution >= 4 is 5.97 Å². The van der Waals surface area contributed by atoms with Crippen molar-refractivity contribution < 1.29 is 29.0 Å². The summed E-state index contributed by atoms with van der Waals surface area (Å²) in [5, 5.41) is 20.9. The maximum Gasteiger partial charge on any atom is 0.341 e. The van der Waals surface area contributed by atoms with Crippen molar-refractivity contribution in [2.75, 3.05) is 33.9 Å². The lowest BCUT2D eigenvalue weighted by atomic mass is 9.85. The third-order valence-electron chi connectivity index (χ3n) is 5.67. The van der Waals surface area contributed by atoms with Crippen LogP contribution in [0.3, 0.4) is 0 Å². The van der Waals surface area contributed by atoms with Gasteiger partial charge in [-0.3, -0.25) is 0 Å². The number of esters is 1. The van der Waals surface area contributed by atoms with Crippen molar-refractivity contribution in [3.8, 4) is 0 Å². The third-order valence-corrected chi connectivity index (χ3v) is 5.67. The number of nitrogens with zero attached hydrogens (tertiary/aromatic N) is 1. The number of carbonyl (C=O) groups excluding carboxylic acids is 1. The first-order valence-electron chi connectivity index (χ1n) is 8.30. The van der Waals surface area contributed by atoms with E-state index in [4.69, 9.17) is 9.47 Å². The molecule has 1 fully saturated rings. The summed E-state index contributed by atoms with van der Waals surface area (Å²) in [6.45, 7) is 7.07. The smallest absolute Gasteiger partial charge is 0.341 e. The van der Waals surface area contributed by atoms with E-state index in [1.54, 1.807) is 20.8 Å². The van der Waals surface area contributed by atoms with E-state index in [2.05, 4.69) is 13.1 Å². The lowest BCUT2D eigenvalue weighted by molar-refractivity contribution is -0.906. The lowest BCUT2D eigenvalue weighted by Crippen LogP contribution is -2.54. The van der Waals surface area contributed by atoms with Gasteiger partial charge in [-0.05, 0) is 18.9 Å². The molecule has 5 atom stereocenters. The van der Waals surface area contributed by atoms with Gasteiger partial charge in [0.1, 0.15) is 18.8 Å². The minimum absolute atomic E-state index is 0.00482. The largest absolute Gasteiger partial charge is 0.459 e. The van der Waals surface area contributed by atoms with Gasteiger partial charge in [0.2, 0.25) is 0 Å². The quantitative estimate of drug-likeness (QED) is 0.421. The first-order chi connectivity index (χ1) is 10.7. The Hall–Kier alpha value is -0.950. The third kappa shape index (κ3) is 3.05. The second-order valence-corrected chi connectivity index (χ2v) is 7.40. The highest BCUT2D eigenvalue weighted by Crippen LogP contribution is 2.35. The number of aliphatic hydroxyl groups is 2. The standard InChI is InChI=1S/C17H30NO5/c1-11(2)17(21,12(3)22-5)16(20)23-10-13-6-8-18(4)9-7-14(19)15(13)18/h6,11-12,14-15,19,21H,7-10H2,1-5H3/q+1/t12-,14-,15+,17+,18-/m1/s1. The van der Waals surface area contributed by atoms with Crippen LogP contribution in [0.5, 0.6) is 0 Å². The molecule has 2 aliphatic heterocycles. The number of ether oxygens (including phenoxy) is 2. The number of hydrogen-bond acceptors (Lipinski definition) is 5. The molecule has 6 heteroatoms. The van der Waals surface area contributed by atoms with Crippen LogP contribution >= 0.6 is 0 Å². The summed E-state index contributed by atoms with van der Waals surface area (Å²) in [6.07, 6.45) is 1.76. The molecule has 0 radical (unpaired) electrons. The Morgan fingerprint density at radius 1 is 1.48 bits per heavy atom. The summed E-state index contributed by atoms with van der Waals surface area (Å²) in [5.74, 6) is -1.00. The zero-order chi connectivity index (χ0) is 17.4. The van der Waals surface area contributed by atoms with Crippen LogP contribution in [-0.4, -0.2) is 78.4 Å². The monoisotopic (exact) mass is 328 g/mol. The number of quaternary nitrogens is 1. The van der Waals surface area contributed by atoms with E-state index in [1.165, 1.54) is 7.11 Å². The van der Waals surface area contributed by atoms with E-state index in [9.17, 15) is 15.0 Å². The fourth-order valence-corrected chi connectivity index (χ4v) is 3.90. The van der Waals surface area contributed by atoms with Crippen molar-refractivity contribution in [2.24, 2.45) is 5.92 Å². The molecule has 0 aromatic carbocycles. The summed E-state index contributed by atoms with van der Waals surface area (Å²) in [5.41, 5.74) is -0.734. The number of fused-ring (bicyclic) bond motifs is 1. The van der Waals surface area contributed by atoms with Gasteiger partial charge in [0.15, 0.2) is 5.60 Å². The highest BCUT2D eigenvalue weighted by molar-refractivity contribution is 5.80. The summed E-state index contributed by atoms with van der Waals surface area (Å²) in [4.78, 5) is 12.5. The highest BCUT2D eigenvalue weighted by atomic mass is 16.6. The molecule has 2 rings (SSSR count). The summed E-state index contributed by atoms with van der Waals surface area (Å²) >= 11 is 0. The van der Waals surface area contributed by atoms with E-state index >= 15 is 0 Å².